The van der Waals surface area contributed by atoms with Crippen molar-refractivity contribution >= 4 is 23.5 Å². The summed E-state index contributed by atoms with van der Waals surface area (Å²) in [6.45, 7) is 0.943. The Labute approximate surface area is 104 Å². The first-order valence-electron chi connectivity index (χ1n) is 5.34. The number of likely N-dealkylation sites (tertiary alicyclic amines) is 1. The summed E-state index contributed by atoms with van der Waals surface area (Å²) in [5.74, 6) is -2.21. The Bertz CT molecular complexity index is 444. The van der Waals surface area contributed by atoms with Crippen molar-refractivity contribution in [2.75, 3.05) is 6.54 Å². The molecule has 1 heterocycles. The molecule has 1 aliphatic heterocycles. The fourth-order valence-electron chi connectivity index (χ4n) is 1.94. The first-order valence-corrected chi connectivity index (χ1v) is 5.72. The van der Waals surface area contributed by atoms with E-state index in [0.29, 0.717) is 24.5 Å². The Kier molecular flexibility index (Phi) is 3.33. The van der Waals surface area contributed by atoms with Crippen LogP contribution >= 0.6 is 11.6 Å². The summed E-state index contributed by atoms with van der Waals surface area (Å²) < 4.78 is 0. The third-order valence-electron chi connectivity index (χ3n) is 2.88. The third kappa shape index (κ3) is 2.58. The number of rotatable bonds is 3. The lowest BCUT2D eigenvalue weighted by Crippen LogP contribution is -2.29. The summed E-state index contributed by atoms with van der Waals surface area (Å²) in [6, 6.07) is 7.19. The van der Waals surface area contributed by atoms with Crippen LogP contribution in [0.25, 0.3) is 0 Å². The molecule has 1 N–H and O–H groups in total. The van der Waals surface area contributed by atoms with E-state index in [0.717, 1.165) is 5.56 Å². The second kappa shape index (κ2) is 4.75. The predicted octanol–water partition coefficient (Wildman–Crippen LogP) is 1.77. The molecule has 1 unspecified atom stereocenters. The zero-order valence-electron chi connectivity index (χ0n) is 9.10. The number of carboxylic acids is 1. The number of nitrogens with zero attached hydrogens (tertiary/aromatic N) is 1. The van der Waals surface area contributed by atoms with Crippen LogP contribution in [0.15, 0.2) is 24.3 Å². The molecule has 1 atom stereocenters. The molecule has 1 fully saturated rings. The molecule has 0 aliphatic carbocycles. The van der Waals surface area contributed by atoms with Crippen molar-refractivity contribution in [1.82, 2.24) is 4.90 Å². The highest BCUT2D eigenvalue weighted by molar-refractivity contribution is 6.30. The van der Waals surface area contributed by atoms with Gasteiger partial charge >= 0.3 is 5.97 Å². The van der Waals surface area contributed by atoms with Gasteiger partial charge in [0.25, 0.3) is 0 Å². The highest BCUT2D eigenvalue weighted by Gasteiger charge is 2.36. The molecule has 0 radical (unpaired) electrons. The van der Waals surface area contributed by atoms with E-state index >= 15 is 0 Å². The van der Waals surface area contributed by atoms with Gasteiger partial charge in [0.05, 0.1) is 0 Å². The Balaban J connectivity index is 2.03. The summed E-state index contributed by atoms with van der Waals surface area (Å²) in [5.41, 5.74) is 0.953. The number of aliphatic carboxylic acids is 1. The second-order valence-electron chi connectivity index (χ2n) is 4.07. The van der Waals surface area contributed by atoms with Gasteiger partial charge < -0.3 is 10.0 Å². The van der Waals surface area contributed by atoms with E-state index in [1.807, 2.05) is 12.1 Å². The number of carboxylic acid groups (broad SMARTS) is 1. The molecule has 0 spiro atoms. The fraction of sp³-hybridized carbons (Fsp3) is 0.333. The van der Waals surface area contributed by atoms with E-state index in [9.17, 15) is 9.59 Å². The summed E-state index contributed by atoms with van der Waals surface area (Å²) in [6.07, 6.45) is 0.391. The number of amides is 1. The minimum absolute atomic E-state index is 0.299. The maximum Gasteiger partial charge on any atom is 0.316 e. The van der Waals surface area contributed by atoms with E-state index in [-0.39, 0.29) is 5.91 Å². The molecule has 4 nitrogen and oxygen atoms in total. The fourth-order valence-corrected chi connectivity index (χ4v) is 2.06. The van der Waals surface area contributed by atoms with Crippen molar-refractivity contribution in [3.8, 4) is 0 Å². The lowest BCUT2D eigenvalue weighted by atomic mass is 10.1. The SMILES string of the molecule is O=C(O)C1CCN(Cc2ccc(Cl)cc2)C1=O. The Morgan fingerprint density at radius 1 is 1.41 bits per heavy atom. The molecule has 1 amide bonds. The Morgan fingerprint density at radius 2 is 2.06 bits per heavy atom. The standard InChI is InChI=1S/C12H12ClNO3/c13-9-3-1-8(2-4-9)7-14-6-5-10(11(14)15)12(16)17/h1-4,10H,5-7H2,(H,16,17). The van der Waals surface area contributed by atoms with Gasteiger partial charge in [-0.15, -0.1) is 0 Å². The van der Waals surface area contributed by atoms with Gasteiger partial charge in [-0.2, -0.15) is 0 Å². The van der Waals surface area contributed by atoms with E-state index in [1.165, 1.54) is 0 Å². The molecule has 0 saturated carbocycles. The van der Waals surface area contributed by atoms with Gasteiger partial charge in [0, 0.05) is 18.1 Å². The number of hydrogen-bond acceptors (Lipinski definition) is 2. The van der Waals surface area contributed by atoms with Crippen molar-refractivity contribution in [3.05, 3.63) is 34.9 Å². The van der Waals surface area contributed by atoms with Crippen LogP contribution in [-0.2, 0) is 16.1 Å². The quantitative estimate of drug-likeness (QED) is 0.836. The van der Waals surface area contributed by atoms with Gasteiger partial charge in [-0.05, 0) is 24.1 Å². The zero-order chi connectivity index (χ0) is 12.4. The van der Waals surface area contributed by atoms with Crippen molar-refractivity contribution < 1.29 is 14.7 Å². The van der Waals surface area contributed by atoms with Crippen molar-refractivity contribution in [2.45, 2.75) is 13.0 Å². The average Bonchev–Trinajstić information content (AvgIpc) is 2.64. The molecule has 1 aliphatic rings. The molecule has 2 rings (SSSR count). The Hall–Kier alpha value is -1.55. The number of carbonyl (C=O) groups is 2. The molecule has 90 valence electrons. The van der Waals surface area contributed by atoms with Crippen molar-refractivity contribution in [1.29, 1.82) is 0 Å². The Morgan fingerprint density at radius 3 is 2.59 bits per heavy atom. The molecule has 1 aromatic carbocycles. The second-order valence-corrected chi connectivity index (χ2v) is 4.50. The number of benzene rings is 1. The maximum absolute atomic E-state index is 11.7. The first-order chi connectivity index (χ1) is 8.08. The van der Waals surface area contributed by atoms with Crippen LogP contribution in [0.2, 0.25) is 5.02 Å². The van der Waals surface area contributed by atoms with Crippen LogP contribution in [0.1, 0.15) is 12.0 Å². The van der Waals surface area contributed by atoms with Crippen LogP contribution < -0.4 is 0 Å². The molecule has 17 heavy (non-hydrogen) atoms. The van der Waals surface area contributed by atoms with Gasteiger partial charge in [-0.3, -0.25) is 9.59 Å². The maximum atomic E-state index is 11.7. The van der Waals surface area contributed by atoms with E-state index < -0.39 is 11.9 Å². The topological polar surface area (TPSA) is 57.6 Å². The van der Waals surface area contributed by atoms with Crippen LogP contribution in [0.4, 0.5) is 0 Å². The summed E-state index contributed by atoms with van der Waals surface area (Å²) in [5, 5.41) is 9.48. The van der Waals surface area contributed by atoms with Gasteiger partial charge in [-0.25, -0.2) is 0 Å². The van der Waals surface area contributed by atoms with Gasteiger partial charge in [-0.1, -0.05) is 23.7 Å². The normalized spacial score (nSPS) is 19.7. The van der Waals surface area contributed by atoms with Gasteiger partial charge in [0.1, 0.15) is 5.92 Å². The zero-order valence-corrected chi connectivity index (χ0v) is 9.85. The molecule has 1 saturated heterocycles. The molecule has 5 heteroatoms. The van der Waals surface area contributed by atoms with Gasteiger partial charge in [0.15, 0.2) is 0 Å². The van der Waals surface area contributed by atoms with Crippen molar-refractivity contribution in [2.24, 2.45) is 5.92 Å². The number of carbonyl (C=O) groups excluding carboxylic acids is 1. The van der Waals surface area contributed by atoms with E-state index in [1.54, 1.807) is 17.0 Å². The molecule has 1 aromatic rings. The molecule has 0 bridgehead atoms. The number of halogens is 1. The van der Waals surface area contributed by atoms with Crippen LogP contribution in [-0.4, -0.2) is 28.4 Å². The summed E-state index contributed by atoms with van der Waals surface area (Å²) >= 11 is 5.76. The van der Waals surface area contributed by atoms with Crippen LogP contribution in [0.5, 0.6) is 0 Å². The predicted molar refractivity (Wildman–Crippen MR) is 62.6 cm³/mol. The average molecular weight is 254 g/mol. The largest absolute Gasteiger partial charge is 0.481 e. The van der Waals surface area contributed by atoms with Gasteiger partial charge in [0.2, 0.25) is 5.91 Å². The highest BCUT2D eigenvalue weighted by atomic mass is 35.5. The van der Waals surface area contributed by atoms with E-state index in [2.05, 4.69) is 0 Å². The summed E-state index contributed by atoms with van der Waals surface area (Å²) in [7, 11) is 0. The summed E-state index contributed by atoms with van der Waals surface area (Å²) in [4.78, 5) is 24.1. The molecule has 0 aromatic heterocycles. The lowest BCUT2D eigenvalue weighted by molar-refractivity contribution is -0.147. The number of hydrogen-bond donors (Lipinski definition) is 1. The van der Waals surface area contributed by atoms with E-state index in [4.69, 9.17) is 16.7 Å². The minimum atomic E-state index is -1.03. The first kappa shape index (κ1) is 11.9. The monoisotopic (exact) mass is 253 g/mol. The highest BCUT2D eigenvalue weighted by Crippen LogP contribution is 2.21. The van der Waals surface area contributed by atoms with Crippen LogP contribution in [0, 0.1) is 5.92 Å². The molecular formula is C12H12ClNO3. The lowest BCUT2D eigenvalue weighted by Gasteiger charge is -2.15. The minimum Gasteiger partial charge on any atom is -0.481 e. The molecular weight excluding hydrogens is 242 g/mol. The smallest absolute Gasteiger partial charge is 0.316 e. The van der Waals surface area contributed by atoms with Crippen LogP contribution in [0.3, 0.4) is 0 Å². The third-order valence-corrected chi connectivity index (χ3v) is 3.13. The van der Waals surface area contributed by atoms with Crippen molar-refractivity contribution in [3.63, 3.8) is 0 Å².